The lowest BCUT2D eigenvalue weighted by Crippen LogP contribution is -2.51. The second-order valence-corrected chi connectivity index (χ2v) is 6.28. The molecule has 1 N–H and O–H groups in total. The third kappa shape index (κ3) is 3.67. The zero-order valence-electron chi connectivity index (χ0n) is 13.1. The van der Waals surface area contributed by atoms with E-state index < -0.39 is 0 Å². The van der Waals surface area contributed by atoms with Crippen molar-refractivity contribution in [3.05, 3.63) is 0 Å². The van der Waals surface area contributed by atoms with Crippen LogP contribution in [-0.2, 0) is 4.79 Å². The largest absolute Gasteiger partial charge is 0.395 e. The van der Waals surface area contributed by atoms with Crippen molar-refractivity contribution >= 4 is 11.9 Å². The fourth-order valence-electron chi connectivity index (χ4n) is 3.11. The van der Waals surface area contributed by atoms with Gasteiger partial charge in [0.05, 0.1) is 6.61 Å². The van der Waals surface area contributed by atoms with Crippen LogP contribution in [0.1, 0.15) is 32.1 Å². The predicted octanol–water partition coefficient (Wildman–Crippen LogP) is 0.753. The monoisotopic (exact) mass is 297 g/mol. The fourth-order valence-corrected chi connectivity index (χ4v) is 3.11. The summed E-state index contributed by atoms with van der Waals surface area (Å²) in [6, 6.07) is 0.346. The van der Waals surface area contributed by atoms with Crippen molar-refractivity contribution in [3.8, 4) is 0 Å². The highest BCUT2D eigenvalue weighted by Gasteiger charge is 2.35. The summed E-state index contributed by atoms with van der Waals surface area (Å²) in [6.07, 6.45) is 4.75. The van der Waals surface area contributed by atoms with Crippen LogP contribution >= 0.6 is 0 Å². The maximum absolute atomic E-state index is 12.6. The van der Waals surface area contributed by atoms with Crippen LogP contribution in [0.5, 0.6) is 0 Å². The second-order valence-electron chi connectivity index (χ2n) is 6.28. The van der Waals surface area contributed by atoms with Gasteiger partial charge in [-0.05, 0) is 32.1 Å². The lowest BCUT2D eigenvalue weighted by atomic mass is 9.88. The predicted molar refractivity (Wildman–Crippen MR) is 79.8 cm³/mol. The van der Waals surface area contributed by atoms with Gasteiger partial charge in [0, 0.05) is 45.7 Å². The standard InChI is InChI=1S/C15H27N3O3/c1-16(2)15(21)17-8-6-12(7-9-17)14(20)18(10-11-19)13-4-3-5-13/h12-13,19H,3-11H2,1-2H3. The Morgan fingerprint density at radius 3 is 2.19 bits per heavy atom. The highest BCUT2D eigenvalue weighted by atomic mass is 16.3. The van der Waals surface area contributed by atoms with Crippen LogP contribution in [0.25, 0.3) is 0 Å². The summed E-state index contributed by atoms with van der Waals surface area (Å²) in [6.45, 7) is 1.76. The van der Waals surface area contributed by atoms with Crippen molar-refractivity contribution in [2.75, 3.05) is 40.3 Å². The Morgan fingerprint density at radius 1 is 1.14 bits per heavy atom. The zero-order valence-corrected chi connectivity index (χ0v) is 13.1. The van der Waals surface area contributed by atoms with Crippen molar-refractivity contribution in [1.29, 1.82) is 0 Å². The molecular formula is C15H27N3O3. The molecule has 0 unspecified atom stereocenters. The average molecular weight is 297 g/mol. The molecule has 2 rings (SSSR count). The number of rotatable bonds is 4. The number of aliphatic hydroxyl groups excluding tert-OH is 1. The van der Waals surface area contributed by atoms with Crippen LogP contribution < -0.4 is 0 Å². The molecule has 0 spiro atoms. The number of carbonyl (C=O) groups excluding carboxylic acids is 2. The number of hydrogen-bond donors (Lipinski definition) is 1. The van der Waals surface area contributed by atoms with E-state index in [4.69, 9.17) is 0 Å². The van der Waals surface area contributed by atoms with Crippen LogP contribution in [0.2, 0.25) is 0 Å². The summed E-state index contributed by atoms with van der Waals surface area (Å²) in [7, 11) is 3.50. The Morgan fingerprint density at radius 2 is 1.76 bits per heavy atom. The van der Waals surface area contributed by atoms with E-state index in [9.17, 15) is 14.7 Å². The van der Waals surface area contributed by atoms with Crippen molar-refractivity contribution in [2.24, 2.45) is 5.92 Å². The smallest absolute Gasteiger partial charge is 0.319 e. The van der Waals surface area contributed by atoms with Gasteiger partial charge in [-0.15, -0.1) is 0 Å². The summed E-state index contributed by atoms with van der Waals surface area (Å²) >= 11 is 0. The number of piperidine rings is 1. The first-order valence-electron chi connectivity index (χ1n) is 7.92. The molecule has 1 saturated heterocycles. The molecule has 1 aliphatic heterocycles. The summed E-state index contributed by atoms with van der Waals surface area (Å²) in [5, 5.41) is 9.18. The summed E-state index contributed by atoms with van der Waals surface area (Å²) in [5.41, 5.74) is 0. The van der Waals surface area contributed by atoms with E-state index in [1.54, 1.807) is 19.0 Å². The topological polar surface area (TPSA) is 64.1 Å². The Hall–Kier alpha value is -1.30. The van der Waals surface area contributed by atoms with Gasteiger partial charge >= 0.3 is 6.03 Å². The van der Waals surface area contributed by atoms with E-state index in [1.165, 1.54) is 6.42 Å². The van der Waals surface area contributed by atoms with Gasteiger partial charge in [0.15, 0.2) is 0 Å². The van der Waals surface area contributed by atoms with E-state index in [1.807, 2.05) is 9.80 Å². The molecule has 120 valence electrons. The zero-order chi connectivity index (χ0) is 15.4. The molecule has 6 heteroatoms. The van der Waals surface area contributed by atoms with Gasteiger partial charge in [-0.1, -0.05) is 0 Å². The van der Waals surface area contributed by atoms with E-state index in [0.29, 0.717) is 25.7 Å². The molecule has 1 saturated carbocycles. The maximum atomic E-state index is 12.6. The summed E-state index contributed by atoms with van der Waals surface area (Å²) in [5.74, 6) is 0.175. The molecule has 0 radical (unpaired) electrons. The summed E-state index contributed by atoms with van der Waals surface area (Å²) in [4.78, 5) is 29.8. The molecule has 2 aliphatic rings. The fraction of sp³-hybridized carbons (Fsp3) is 0.867. The minimum absolute atomic E-state index is 0.00311. The van der Waals surface area contributed by atoms with Crippen molar-refractivity contribution < 1.29 is 14.7 Å². The molecule has 1 heterocycles. The van der Waals surface area contributed by atoms with Gasteiger partial charge in [0.1, 0.15) is 0 Å². The minimum Gasteiger partial charge on any atom is -0.395 e. The quantitative estimate of drug-likeness (QED) is 0.833. The van der Waals surface area contributed by atoms with Crippen molar-refractivity contribution in [2.45, 2.75) is 38.1 Å². The summed E-state index contributed by atoms with van der Waals surface area (Å²) < 4.78 is 0. The molecule has 2 fully saturated rings. The Labute approximate surface area is 126 Å². The molecule has 6 nitrogen and oxygen atoms in total. The molecule has 0 aromatic rings. The Bertz CT molecular complexity index is 374. The Balaban J connectivity index is 1.88. The van der Waals surface area contributed by atoms with Gasteiger partial charge in [-0.3, -0.25) is 4.79 Å². The van der Waals surface area contributed by atoms with E-state index in [2.05, 4.69) is 0 Å². The normalized spacial score (nSPS) is 20.0. The van der Waals surface area contributed by atoms with E-state index >= 15 is 0 Å². The first-order valence-corrected chi connectivity index (χ1v) is 7.92. The first-order chi connectivity index (χ1) is 10.0. The SMILES string of the molecule is CN(C)C(=O)N1CCC(C(=O)N(CCO)C2CCC2)CC1. The third-order valence-electron chi connectivity index (χ3n) is 4.64. The lowest BCUT2D eigenvalue weighted by molar-refractivity contribution is -0.141. The number of amides is 3. The highest BCUT2D eigenvalue weighted by molar-refractivity contribution is 5.80. The maximum Gasteiger partial charge on any atom is 0.319 e. The molecule has 0 bridgehead atoms. The number of hydrogen-bond acceptors (Lipinski definition) is 3. The molecule has 0 aromatic carbocycles. The van der Waals surface area contributed by atoms with E-state index in [-0.39, 0.29) is 24.5 Å². The number of likely N-dealkylation sites (tertiary alicyclic amines) is 1. The van der Waals surface area contributed by atoms with Gasteiger partial charge in [-0.25, -0.2) is 4.79 Å². The van der Waals surface area contributed by atoms with E-state index in [0.717, 1.165) is 25.7 Å². The number of urea groups is 1. The average Bonchev–Trinajstić information content (AvgIpc) is 2.43. The highest BCUT2D eigenvalue weighted by Crippen LogP contribution is 2.28. The van der Waals surface area contributed by atoms with Crippen LogP contribution in [0, 0.1) is 5.92 Å². The molecule has 3 amide bonds. The van der Waals surface area contributed by atoms with Gasteiger partial charge in [0.25, 0.3) is 0 Å². The number of carbonyl (C=O) groups is 2. The van der Waals surface area contributed by atoms with Crippen molar-refractivity contribution in [3.63, 3.8) is 0 Å². The van der Waals surface area contributed by atoms with Gasteiger partial charge < -0.3 is 19.8 Å². The van der Waals surface area contributed by atoms with Gasteiger partial charge in [0.2, 0.25) is 5.91 Å². The van der Waals surface area contributed by atoms with Crippen LogP contribution in [-0.4, -0.2) is 78.1 Å². The number of aliphatic hydroxyl groups is 1. The first kappa shape index (κ1) is 16.1. The van der Waals surface area contributed by atoms with Crippen molar-refractivity contribution in [1.82, 2.24) is 14.7 Å². The number of nitrogens with zero attached hydrogens (tertiary/aromatic N) is 3. The van der Waals surface area contributed by atoms with Gasteiger partial charge in [-0.2, -0.15) is 0 Å². The molecule has 21 heavy (non-hydrogen) atoms. The molecule has 1 aliphatic carbocycles. The molecular weight excluding hydrogens is 270 g/mol. The van der Waals surface area contributed by atoms with Crippen LogP contribution in [0.4, 0.5) is 4.79 Å². The van der Waals surface area contributed by atoms with Crippen LogP contribution in [0.3, 0.4) is 0 Å². The Kier molecular flexibility index (Phi) is 5.45. The third-order valence-corrected chi connectivity index (χ3v) is 4.64. The molecule has 0 aromatic heterocycles. The molecule has 0 atom stereocenters. The lowest BCUT2D eigenvalue weighted by Gasteiger charge is -2.41. The second kappa shape index (κ2) is 7.11. The minimum atomic E-state index is 0.00311. The van der Waals surface area contributed by atoms with Crippen LogP contribution in [0.15, 0.2) is 0 Å².